The van der Waals surface area contributed by atoms with Gasteiger partial charge >= 0.3 is 0 Å². The van der Waals surface area contributed by atoms with Gasteiger partial charge in [0.25, 0.3) is 0 Å². The molecule has 0 spiro atoms. The first-order valence-electron chi connectivity index (χ1n) is 2.82. The monoisotopic (exact) mass is 168 g/mol. The molecule has 0 saturated heterocycles. The molecule has 0 aromatic carbocycles. The van der Waals surface area contributed by atoms with Crippen LogP contribution in [0.4, 0.5) is 0 Å². The Hall–Kier alpha value is -1.50. The topological polar surface area (TPSA) is 85.4 Å². The number of rotatable bonds is 0. The molecule has 2 rings (SSSR count). The molecule has 2 aromatic rings. The number of imidazole rings is 1. The van der Waals surface area contributed by atoms with Crippen molar-refractivity contribution in [2.75, 3.05) is 5.84 Å². The SMILES string of the molecule is Nn1cnc2c(=S)[nH]nnc21. The Balaban J connectivity index is 3.06. The minimum atomic E-state index is 0.444. The van der Waals surface area contributed by atoms with Crippen LogP contribution in [-0.4, -0.2) is 25.1 Å². The van der Waals surface area contributed by atoms with Crippen LogP contribution in [0, 0.1) is 4.64 Å². The zero-order valence-electron chi connectivity index (χ0n) is 5.35. The molecule has 0 aliphatic heterocycles. The second-order valence-electron chi connectivity index (χ2n) is 1.96. The third kappa shape index (κ3) is 0.777. The van der Waals surface area contributed by atoms with Crippen molar-refractivity contribution in [3.63, 3.8) is 0 Å². The molecule has 56 valence electrons. The Morgan fingerprint density at radius 2 is 2.45 bits per heavy atom. The van der Waals surface area contributed by atoms with Crippen LogP contribution in [0.25, 0.3) is 11.2 Å². The van der Waals surface area contributed by atoms with Gasteiger partial charge in [-0.15, -0.1) is 5.10 Å². The van der Waals surface area contributed by atoms with E-state index >= 15 is 0 Å². The molecule has 11 heavy (non-hydrogen) atoms. The number of hydrogen-bond donors (Lipinski definition) is 2. The molecule has 0 saturated carbocycles. The van der Waals surface area contributed by atoms with Crippen LogP contribution in [0.5, 0.6) is 0 Å². The van der Waals surface area contributed by atoms with E-state index in [1.165, 1.54) is 11.0 Å². The number of nitrogens with two attached hydrogens (primary N) is 1. The summed E-state index contributed by atoms with van der Waals surface area (Å²) in [6.45, 7) is 0. The van der Waals surface area contributed by atoms with E-state index in [1.54, 1.807) is 0 Å². The highest BCUT2D eigenvalue weighted by Crippen LogP contribution is 2.03. The number of H-pyrrole nitrogens is 1. The first-order chi connectivity index (χ1) is 5.29. The Kier molecular flexibility index (Phi) is 1.13. The Morgan fingerprint density at radius 1 is 1.64 bits per heavy atom. The lowest BCUT2D eigenvalue weighted by Crippen LogP contribution is -2.07. The highest BCUT2D eigenvalue weighted by Gasteiger charge is 2.01. The highest BCUT2D eigenvalue weighted by atomic mass is 32.1. The van der Waals surface area contributed by atoms with Gasteiger partial charge < -0.3 is 5.84 Å². The average molecular weight is 168 g/mol. The van der Waals surface area contributed by atoms with Gasteiger partial charge in [0, 0.05) is 0 Å². The Labute approximate surface area is 66.0 Å². The zero-order chi connectivity index (χ0) is 7.84. The highest BCUT2D eigenvalue weighted by molar-refractivity contribution is 7.71. The fraction of sp³-hybridized carbons (Fsp3) is 0. The second kappa shape index (κ2) is 1.99. The largest absolute Gasteiger partial charge is 0.336 e. The van der Waals surface area contributed by atoms with E-state index in [0.29, 0.717) is 15.8 Å². The summed E-state index contributed by atoms with van der Waals surface area (Å²) in [5.74, 6) is 5.44. The van der Waals surface area contributed by atoms with Crippen molar-refractivity contribution in [3.05, 3.63) is 11.0 Å². The lowest BCUT2D eigenvalue weighted by molar-refractivity contribution is 0.862. The molecule has 0 aliphatic rings. The molecular weight excluding hydrogens is 164 g/mol. The van der Waals surface area contributed by atoms with Crippen molar-refractivity contribution in [2.45, 2.75) is 0 Å². The van der Waals surface area contributed by atoms with Gasteiger partial charge in [-0.05, 0) is 0 Å². The van der Waals surface area contributed by atoms with Gasteiger partial charge in [-0.1, -0.05) is 17.4 Å². The molecule has 0 unspecified atom stereocenters. The molecule has 2 aromatic heterocycles. The fourth-order valence-electron chi connectivity index (χ4n) is 0.785. The van der Waals surface area contributed by atoms with Gasteiger partial charge in [0.15, 0.2) is 4.64 Å². The van der Waals surface area contributed by atoms with Crippen molar-refractivity contribution < 1.29 is 0 Å². The first kappa shape index (κ1) is 6.23. The predicted octanol–water partition coefficient (Wildman–Crippen LogP) is -0.402. The van der Waals surface area contributed by atoms with E-state index in [1.807, 2.05) is 0 Å². The van der Waals surface area contributed by atoms with Gasteiger partial charge in [-0.25, -0.2) is 14.8 Å². The van der Waals surface area contributed by atoms with Gasteiger partial charge in [0.2, 0.25) is 5.65 Å². The molecule has 0 atom stereocenters. The molecular formula is C4H4N6S. The quantitative estimate of drug-likeness (QED) is 0.413. The third-order valence-corrected chi connectivity index (χ3v) is 1.56. The van der Waals surface area contributed by atoms with Gasteiger partial charge in [-0.2, -0.15) is 0 Å². The molecule has 0 aliphatic carbocycles. The van der Waals surface area contributed by atoms with Crippen molar-refractivity contribution >= 4 is 23.4 Å². The number of fused-ring (bicyclic) bond motifs is 1. The molecule has 6 nitrogen and oxygen atoms in total. The third-order valence-electron chi connectivity index (χ3n) is 1.28. The van der Waals surface area contributed by atoms with Crippen LogP contribution in [0.1, 0.15) is 0 Å². The predicted molar refractivity (Wildman–Crippen MR) is 40.7 cm³/mol. The first-order valence-corrected chi connectivity index (χ1v) is 3.23. The van der Waals surface area contributed by atoms with Crippen LogP contribution in [0.2, 0.25) is 0 Å². The van der Waals surface area contributed by atoms with E-state index in [4.69, 9.17) is 18.1 Å². The minimum absolute atomic E-state index is 0.444. The van der Waals surface area contributed by atoms with Crippen LogP contribution >= 0.6 is 12.2 Å². The van der Waals surface area contributed by atoms with E-state index in [0.717, 1.165) is 0 Å². The second-order valence-corrected chi connectivity index (χ2v) is 2.37. The van der Waals surface area contributed by atoms with Crippen LogP contribution in [0.3, 0.4) is 0 Å². The lowest BCUT2D eigenvalue weighted by Gasteiger charge is -1.89. The smallest absolute Gasteiger partial charge is 0.205 e. The number of aromatic amines is 1. The van der Waals surface area contributed by atoms with E-state index in [2.05, 4.69) is 20.4 Å². The van der Waals surface area contributed by atoms with Crippen LogP contribution in [0.15, 0.2) is 6.33 Å². The van der Waals surface area contributed by atoms with Gasteiger partial charge in [0.1, 0.15) is 11.8 Å². The van der Waals surface area contributed by atoms with Gasteiger partial charge in [0.05, 0.1) is 0 Å². The molecule has 0 fully saturated rings. The van der Waals surface area contributed by atoms with E-state index in [-0.39, 0.29) is 0 Å². The summed E-state index contributed by atoms with van der Waals surface area (Å²) < 4.78 is 1.71. The molecule has 0 radical (unpaired) electrons. The molecule has 7 heteroatoms. The lowest BCUT2D eigenvalue weighted by atomic mass is 10.6. The van der Waals surface area contributed by atoms with Crippen molar-refractivity contribution in [1.82, 2.24) is 25.1 Å². The van der Waals surface area contributed by atoms with Crippen molar-refractivity contribution in [2.24, 2.45) is 0 Å². The van der Waals surface area contributed by atoms with Crippen molar-refractivity contribution in [1.29, 1.82) is 0 Å². The molecule has 2 heterocycles. The summed E-state index contributed by atoms with van der Waals surface area (Å²) in [5.41, 5.74) is 1.05. The number of aromatic nitrogens is 5. The summed E-state index contributed by atoms with van der Waals surface area (Å²) in [6.07, 6.45) is 1.43. The minimum Gasteiger partial charge on any atom is -0.336 e. The summed E-state index contributed by atoms with van der Waals surface area (Å²) >= 11 is 4.88. The number of nitrogens with one attached hydrogen (secondary N) is 1. The summed E-state index contributed by atoms with van der Waals surface area (Å²) in [4.78, 5) is 3.92. The average Bonchev–Trinajstić information content (AvgIpc) is 2.35. The van der Waals surface area contributed by atoms with Gasteiger partial charge in [-0.3, -0.25) is 0 Å². The Morgan fingerprint density at radius 3 is 3.18 bits per heavy atom. The zero-order valence-corrected chi connectivity index (χ0v) is 6.17. The molecule has 0 bridgehead atoms. The Bertz CT molecular complexity index is 441. The van der Waals surface area contributed by atoms with Crippen LogP contribution in [-0.2, 0) is 0 Å². The molecule has 0 amide bonds. The normalized spacial score (nSPS) is 10.5. The maximum Gasteiger partial charge on any atom is 0.205 e. The summed E-state index contributed by atoms with van der Waals surface area (Å²) in [6, 6.07) is 0. The number of nitrogen functional groups attached to an aromatic ring is 1. The summed E-state index contributed by atoms with van der Waals surface area (Å²) in [7, 11) is 0. The maximum absolute atomic E-state index is 5.44. The fourth-order valence-corrected chi connectivity index (χ4v) is 0.969. The summed E-state index contributed by atoms with van der Waals surface area (Å²) in [5, 5.41) is 9.74. The standard InChI is InChI=1S/C4H4N6S/c5-10-1-6-2-3(10)7-9-8-4(2)11/h1H,5H2,(H,7,8,11). The number of nitrogens with zero attached hydrogens (tertiary/aromatic N) is 4. The maximum atomic E-state index is 5.44. The van der Waals surface area contributed by atoms with Crippen molar-refractivity contribution in [3.8, 4) is 0 Å². The van der Waals surface area contributed by atoms with E-state index in [9.17, 15) is 0 Å². The van der Waals surface area contributed by atoms with E-state index < -0.39 is 0 Å². The van der Waals surface area contributed by atoms with Crippen LogP contribution < -0.4 is 5.84 Å². The molecule has 3 N–H and O–H groups in total. The number of hydrogen-bond acceptors (Lipinski definition) is 5.